The van der Waals surface area contributed by atoms with Crippen LogP contribution in [-0.4, -0.2) is 29.0 Å². The molecule has 29 heavy (non-hydrogen) atoms. The van der Waals surface area contributed by atoms with E-state index < -0.39 is 0 Å². The first-order chi connectivity index (χ1) is 14.1. The van der Waals surface area contributed by atoms with Crippen molar-refractivity contribution in [2.24, 2.45) is 17.8 Å². The van der Waals surface area contributed by atoms with E-state index in [1.54, 1.807) is 23.3 Å². The van der Waals surface area contributed by atoms with E-state index in [-0.39, 0.29) is 42.7 Å². The lowest BCUT2D eigenvalue weighted by atomic mass is 9.67. The van der Waals surface area contributed by atoms with Gasteiger partial charge in [0.15, 0.2) is 0 Å². The van der Waals surface area contributed by atoms with Crippen molar-refractivity contribution in [3.05, 3.63) is 54.5 Å². The van der Waals surface area contributed by atoms with Gasteiger partial charge in [0.05, 0.1) is 12.8 Å². The van der Waals surface area contributed by atoms with E-state index in [1.165, 1.54) is 0 Å². The molecule has 2 fully saturated rings. The molecule has 6 heteroatoms. The summed E-state index contributed by atoms with van der Waals surface area (Å²) in [6.45, 7) is 0.196. The van der Waals surface area contributed by atoms with E-state index in [2.05, 4.69) is 5.32 Å². The lowest BCUT2D eigenvalue weighted by Crippen LogP contribution is -2.46. The molecule has 2 saturated carbocycles. The fraction of sp³-hybridized carbons (Fsp3) is 0.435. The third-order valence-corrected chi connectivity index (χ3v) is 6.03. The summed E-state index contributed by atoms with van der Waals surface area (Å²) in [5.74, 6) is 0.456. The summed E-state index contributed by atoms with van der Waals surface area (Å²) in [5.41, 5.74) is 0.695. The summed E-state index contributed by atoms with van der Waals surface area (Å²) in [7, 11) is 0. The monoisotopic (exact) mass is 394 g/mol. The standard InChI is InChI=1S/C23H26N2O4/c26-21(24-19-8-2-1-3-9-19)15-25(14-20-10-5-11-29-20)23(28)18-12-16-6-4-7-17(13-18)22(16)27/h1-3,5,8-11,16-18H,4,6-7,12-15H2,(H,24,26). The topological polar surface area (TPSA) is 79.6 Å². The Hall–Kier alpha value is -2.89. The molecule has 2 unspecified atom stereocenters. The second kappa shape index (κ2) is 8.64. The summed E-state index contributed by atoms with van der Waals surface area (Å²) >= 11 is 0. The Morgan fingerprint density at radius 1 is 1.03 bits per heavy atom. The highest BCUT2D eigenvalue weighted by Gasteiger charge is 2.42. The SMILES string of the molecule is O=C(CN(Cc1ccco1)C(=O)C1CC2CCCC(C1)C2=O)Nc1ccccc1. The van der Waals surface area contributed by atoms with Crippen molar-refractivity contribution < 1.29 is 18.8 Å². The van der Waals surface area contributed by atoms with Gasteiger partial charge in [0.1, 0.15) is 18.1 Å². The zero-order chi connectivity index (χ0) is 20.2. The first-order valence-electron chi connectivity index (χ1n) is 10.3. The van der Waals surface area contributed by atoms with Gasteiger partial charge in [0.25, 0.3) is 0 Å². The van der Waals surface area contributed by atoms with Gasteiger partial charge in [-0.1, -0.05) is 24.6 Å². The molecule has 2 aromatic rings. The lowest BCUT2D eigenvalue weighted by Gasteiger charge is -2.38. The maximum atomic E-state index is 13.3. The van der Waals surface area contributed by atoms with Gasteiger partial charge in [-0.25, -0.2) is 0 Å². The molecule has 1 N–H and O–H groups in total. The quantitative estimate of drug-likeness (QED) is 0.811. The van der Waals surface area contributed by atoms with E-state index in [0.29, 0.717) is 30.1 Å². The first kappa shape index (κ1) is 19.4. The average molecular weight is 394 g/mol. The second-order valence-corrected chi connectivity index (χ2v) is 8.08. The highest BCUT2D eigenvalue weighted by atomic mass is 16.3. The van der Waals surface area contributed by atoms with Crippen molar-refractivity contribution in [2.45, 2.75) is 38.6 Å². The molecule has 2 amide bonds. The first-order valence-corrected chi connectivity index (χ1v) is 10.3. The molecule has 2 aliphatic carbocycles. The number of fused-ring (bicyclic) bond motifs is 2. The van der Waals surface area contributed by atoms with E-state index in [0.717, 1.165) is 19.3 Å². The Bertz CT molecular complexity index is 846. The van der Waals surface area contributed by atoms with Crippen molar-refractivity contribution in [2.75, 3.05) is 11.9 Å². The molecule has 4 rings (SSSR count). The van der Waals surface area contributed by atoms with Crippen LogP contribution in [-0.2, 0) is 20.9 Å². The Morgan fingerprint density at radius 2 is 1.76 bits per heavy atom. The van der Waals surface area contributed by atoms with E-state index in [4.69, 9.17) is 4.42 Å². The molecule has 152 valence electrons. The molecular weight excluding hydrogens is 368 g/mol. The van der Waals surface area contributed by atoms with Crippen molar-refractivity contribution >= 4 is 23.3 Å². The Balaban J connectivity index is 1.47. The zero-order valence-corrected chi connectivity index (χ0v) is 16.4. The number of para-hydroxylation sites is 1. The normalized spacial score (nSPS) is 23.4. The summed E-state index contributed by atoms with van der Waals surface area (Å²) in [6.07, 6.45) is 5.59. The number of hydrogen-bond acceptors (Lipinski definition) is 4. The van der Waals surface area contributed by atoms with Crippen molar-refractivity contribution in [3.63, 3.8) is 0 Å². The molecule has 0 aliphatic heterocycles. The molecule has 1 aromatic heterocycles. The van der Waals surface area contributed by atoms with Gasteiger partial charge in [0.2, 0.25) is 11.8 Å². The Labute approximate surface area is 170 Å². The van der Waals surface area contributed by atoms with Crippen LogP contribution in [0.2, 0.25) is 0 Å². The van der Waals surface area contributed by atoms with Gasteiger partial charge >= 0.3 is 0 Å². The predicted molar refractivity (Wildman–Crippen MR) is 108 cm³/mol. The number of nitrogens with one attached hydrogen (secondary N) is 1. The molecule has 2 bridgehead atoms. The average Bonchev–Trinajstić information content (AvgIpc) is 3.20. The molecule has 2 atom stereocenters. The number of carbonyl (C=O) groups is 3. The van der Waals surface area contributed by atoms with Crippen molar-refractivity contribution in [1.29, 1.82) is 0 Å². The van der Waals surface area contributed by atoms with Crippen molar-refractivity contribution in [3.8, 4) is 0 Å². The number of nitrogens with zero attached hydrogens (tertiary/aromatic N) is 1. The fourth-order valence-electron chi connectivity index (χ4n) is 4.64. The fourth-order valence-corrected chi connectivity index (χ4v) is 4.64. The molecule has 0 saturated heterocycles. The van der Waals surface area contributed by atoms with Crippen LogP contribution in [0.3, 0.4) is 0 Å². The third kappa shape index (κ3) is 4.58. The number of furan rings is 1. The minimum atomic E-state index is -0.247. The number of benzene rings is 1. The van der Waals surface area contributed by atoms with Gasteiger partial charge in [-0.15, -0.1) is 0 Å². The third-order valence-electron chi connectivity index (χ3n) is 6.03. The lowest BCUT2D eigenvalue weighted by molar-refractivity contribution is -0.145. The number of rotatable bonds is 6. The largest absolute Gasteiger partial charge is 0.467 e. The molecule has 0 spiro atoms. The smallest absolute Gasteiger partial charge is 0.244 e. The number of ketones is 1. The Kier molecular flexibility index (Phi) is 5.79. The van der Waals surface area contributed by atoms with Crippen LogP contribution in [0.15, 0.2) is 53.1 Å². The number of Topliss-reactive ketones (excluding diaryl/α,β-unsaturated/α-hetero) is 1. The number of anilines is 1. The molecule has 6 nitrogen and oxygen atoms in total. The summed E-state index contributed by atoms with van der Waals surface area (Å²) < 4.78 is 5.41. The van der Waals surface area contributed by atoms with E-state index in [9.17, 15) is 14.4 Å². The molecule has 1 heterocycles. The molecule has 2 aliphatic rings. The van der Waals surface area contributed by atoms with Gasteiger partial charge in [0, 0.05) is 23.4 Å². The van der Waals surface area contributed by atoms with Gasteiger partial charge in [-0.3, -0.25) is 14.4 Å². The predicted octanol–water partition coefficient (Wildman–Crippen LogP) is 3.64. The highest BCUT2D eigenvalue weighted by molar-refractivity contribution is 5.95. The van der Waals surface area contributed by atoms with Crippen LogP contribution in [0.25, 0.3) is 0 Å². The second-order valence-electron chi connectivity index (χ2n) is 8.08. The van der Waals surface area contributed by atoms with Crippen molar-refractivity contribution in [1.82, 2.24) is 4.90 Å². The molecule has 0 radical (unpaired) electrons. The molecular formula is C23H26N2O4. The van der Waals surface area contributed by atoms with Crippen LogP contribution in [0.5, 0.6) is 0 Å². The van der Waals surface area contributed by atoms with E-state index >= 15 is 0 Å². The van der Waals surface area contributed by atoms with Crippen LogP contribution < -0.4 is 5.32 Å². The number of amides is 2. The molecule has 1 aromatic carbocycles. The van der Waals surface area contributed by atoms with Gasteiger partial charge < -0.3 is 14.6 Å². The summed E-state index contributed by atoms with van der Waals surface area (Å²) in [4.78, 5) is 39.9. The minimum Gasteiger partial charge on any atom is -0.467 e. The summed E-state index contributed by atoms with van der Waals surface area (Å²) in [6, 6.07) is 12.8. The Morgan fingerprint density at radius 3 is 2.41 bits per heavy atom. The van der Waals surface area contributed by atoms with Crippen LogP contribution in [0, 0.1) is 17.8 Å². The number of hydrogen-bond donors (Lipinski definition) is 1. The number of carbonyl (C=O) groups excluding carboxylic acids is 3. The van der Waals surface area contributed by atoms with Gasteiger partial charge in [-0.2, -0.15) is 0 Å². The maximum Gasteiger partial charge on any atom is 0.244 e. The summed E-state index contributed by atoms with van der Waals surface area (Å²) in [5, 5.41) is 2.84. The highest BCUT2D eigenvalue weighted by Crippen LogP contribution is 2.40. The minimum absolute atomic E-state index is 0.0000538. The van der Waals surface area contributed by atoms with Crippen LogP contribution >= 0.6 is 0 Å². The van der Waals surface area contributed by atoms with Gasteiger partial charge in [-0.05, 0) is 49.9 Å². The van der Waals surface area contributed by atoms with Crippen LogP contribution in [0.1, 0.15) is 37.9 Å². The zero-order valence-electron chi connectivity index (χ0n) is 16.4. The maximum absolute atomic E-state index is 13.3. The van der Waals surface area contributed by atoms with Crippen LogP contribution in [0.4, 0.5) is 5.69 Å². The van der Waals surface area contributed by atoms with E-state index in [1.807, 2.05) is 30.3 Å².